The van der Waals surface area contributed by atoms with Crippen LogP contribution in [0.3, 0.4) is 0 Å². The highest BCUT2D eigenvalue weighted by atomic mass is 32.2. The van der Waals surface area contributed by atoms with E-state index in [1.807, 2.05) is 6.92 Å². The number of aryl methyl sites for hydroxylation is 2. The van der Waals surface area contributed by atoms with Crippen LogP contribution in [0.5, 0.6) is 0 Å². The zero-order chi connectivity index (χ0) is 23.6. The number of thiophene rings is 1. The van der Waals surface area contributed by atoms with E-state index < -0.39 is 15.9 Å². The summed E-state index contributed by atoms with van der Waals surface area (Å²) >= 11 is 1.10. The number of halogens is 1. The van der Waals surface area contributed by atoms with Crippen molar-refractivity contribution in [2.24, 2.45) is 0 Å². The molecule has 1 aliphatic rings. The minimum atomic E-state index is -3.80. The third-order valence-electron chi connectivity index (χ3n) is 5.76. The Morgan fingerprint density at radius 1 is 1.03 bits per heavy atom. The average molecular weight is 488 g/mol. The summed E-state index contributed by atoms with van der Waals surface area (Å²) in [7, 11) is -3.80. The molecule has 0 spiro atoms. The first-order valence-electron chi connectivity index (χ1n) is 10.7. The number of benzene rings is 2. The molecule has 0 aliphatic carbocycles. The number of nitrogens with zero attached hydrogens (tertiary/aromatic N) is 2. The molecule has 0 saturated carbocycles. The Hall–Kier alpha value is -2.75. The van der Waals surface area contributed by atoms with Crippen molar-refractivity contribution >= 4 is 33.0 Å². The van der Waals surface area contributed by atoms with Crippen LogP contribution in [0.4, 0.5) is 10.1 Å². The standard InChI is InChI=1S/C24H26FN3O3S2/c1-17-3-4-18(2)21(15-17)27-10-12-28(13-11-27)33(30,31)22-9-14-32-23(22)24(29)26-16-19-5-7-20(25)8-6-19/h3-9,14-15H,10-13,16H2,1-2H3,(H,26,29). The predicted molar refractivity (Wildman–Crippen MR) is 129 cm³/mol. The van der Waals surface area contributed by atoms with E-state index in [0.29, 0.717) is 26.2 Å². The molecule has 1 N–H and O–H groups in total. The van der Waals surface area contributed by atoms with Gasteiger partial charge in [-0.3, -0.25) is 4.79 Å². The zero-order valence-corrected chi connectivity index (χ0v) is 20.2. The summed E-state index contributed by atoms with van der Waals surface area (Å²) in [6, 6.07) is 13.6. The van der Waals surface area contributed by atoms with Crippen molar-refractivity contribution < 1.29 is 17.6 Å². The number of carbonyl (C=O) groups excluding carboxylic acids is 1. The first kappa shape index (κ1) is 23.4. The van der Waals surface area contributed by atoms with E-state index in [9.17, 15) is 17.6 Å². The average Bonchev–Trinajstić information content (AvgIpc) is 3.31. The summed E-state index contributed by atoms with van der Waals surface area (Å²) in [5.41, 5.74) is 4.19. The summed E-state index contributed by atoms with van der Waals surface area (Å²) in [5.74, 6) is -0.809. The van der Waals surface area contributed by atoms with Crippen molar-refractivity contribution in [1.82, 2.24) is 9.62 Å². The number of amides is 1. The highest BCUT2D eigenvalue weighted by molar-refractivity contribution is 7.89. The van der Waals surface area contributed by atoms with Crippen molar-refractivity contribution in [3.8, 4) is 0 Å². The number of rotatable bonds is 6. The first-order chi connectivity index (χ1) is 15.8. The second-order valence-electron chi connectivity index (χ2n) is 8.10. The Balaban J connectivity index is 1.44. The summed E-state index contributed by atoms with van der Waals surface area (Å²) < 4.78 is 41.2. The molecule has 9 heteroatoms. The summed E-state index contributed by atoms with van der Waals surface area (Å²) in [4.78, 5) is 15.1. The van der Waals surface area contributed by atoms with Gasteiger partial charge < -0.3 is 10.2 Å². The summed E-state index contributed by atoms with van der Waals surface area (Å²) in [6.45, 7) is 6.15. The van der Waals surface area contributed by atoms with Gasteiger partial charge in [-0.25, -0.2) is 12.8 Å². The van der Waals surface area contributed by atoms with Gasteiger partial charge in [-0.05, 0) is 60.2 Å². The van der Waals surface area contributed by atoms with E-state index in [1.165, 1.54) is 28.1 Å². The van der Waals surface area contributed by atoms with E-state index in [-0.39, 0.29) is 22.1 Å². The lowest BCUT2D eigenvalue weighted by atomic mass is 10.1. The van der Waals surface area contributed by atoms with Crippen LogP contribution >= 0.6 is 11.3 Å². The van der Waals surface area contributed by atoms with E-state index in [4.69, 9.17) is 0 Å². The molecule has 0 atom stereocenters. The summed E-state index contributed by atoms with van der Waals surface area (Å²) in [5, 5.41) is 4.35. The number of hydrogen-bond acceptors (Lipinski definition) is 5. The highest BCUT2D eigenvalue weighted by Crippen LogP contribution is 2.28. The smallest absolute Gasteiger partial charge is 0.263 e. The Morgan fingerprint density at radius 3 is 2.42 bits per heavy atom. The Labute approximate surface area is 197 Å². The van der Waals surface area contributed by atoms with Gasteiger partial charge in [0.25, 0.3) is 5.91 Å². The van der Waals surface area contributed by atoms with Crippen molar-refractivity contribution in [3.05, 3.63) is 81.3 Å². The van der Waals surface area contributed by atoms with Gasteiger partial charge in [0.15, 0.2) is 0 Å². The van der Waals surface area contributed by atoms with Crippen LogP contribution in [-0.4, -0.2) is 44.8 Å². The number of sulfonamides is 1. The van der Waals surface area contributed by atoms with Crippen molar-refractivity contribution in [2.45, 2.75) is 25.3 Å². The quantitative estimate of drug-likeness (QED) is 0.572. The van der Waals surface area contributed by atoms with Gasteiger partial charge >= 0.3 is 0 Å². The van der Waals surface area contributed by atoms with Crippen molar-refractivity contribution in [1.29, 1.82) is 0 Å². The van der Waals surface area contributed by atoms with Gasteiger partial charge in [0, 0.05) is 38.4 Å². The fourth-order valence-electron chi connectivity index (χ4n) is 3.90. The molecule has 0 radical (unpaired) electrons. The monoisotopic (exact) mass is 487 g/mol. The van der Waals surface area contributed by atoms with E-state index in [2.05, 4.69) is 35.3 Å². The number of hydrogen-bond donors (Lipinski definition) is 1. The van der Waals surface area contributed by atoms with Gasteiger partial charge in [0.2, 0.25) is 10.0 Å². The van der Waals surface area contributed by atoms with E-state index >= 15 is 0 Å². The second-order valence-corrected chi connectivity index (χ2v) is 10.9. The largest absolute Gasteiger partial charge is 0.369 e. The number of carbonyl (C=O) groups is 1. The second kappa shape index (κ2) is 9.62. The van der Waals surface area contributed by atoms with Crippen LogP contribution in [0.15, 0.2) is 58.8 Å². The fraction of sp³-hybridized carbons (Fsp3) is 0.292. The molecule has 1 saturated heterocycles. The lowest BCUT2D eigenvalue weighted by Gasteiger charge is -2.36. The van der Waals surface area contributed by atoms with Crippen LogP contribution in [0.1, 0.15) is 26.4 Å². The molecule has 4 rings (SSSR count). The van der Waals surface area contributed by atoms with Gasteiger partial charge in [0.05, 0.1) is 0 Å². The van der Waals surface area contributed by atoms with Crippen LogP contribution in [-0.2, 0) is 16.6 Å². The Morgan fingerprint density at radius 2 is 1.73 bits per heavy atom. The van der Waals surface area contributed by atoms with E-state index in [1.54, 1.807) is 17.5 Å². The minimum absolute atomic E-state index is 0.0318. The third-order valence-corrected chi connectivity index (χ3v) is 8.75. The topological polar surface area (TPSA) is 69.7 Å². The molecule has 3 aromatic rings. The molecule has 0 bridgehead atoms. The molecule has 1 aromatic heterocycles. The maximum Gasteiger partial charge on any atom is 0.263 e. The highest BCUT2D eigenvalue weighted by Gasteiger charge is 2.32. The van der Waals surface area contributed by atoms with Crippen LogP contribution in [0, 0.1) is 19.7 Å². The molecule has 6 nitrogen and oxygen atoms in total. The molecule has 33 heavy (non-hydrogen) atoms. The zero-order valence-electron chi connectivity index (χ0n) is 18.5. The number of anilines is 1. The molecule has 1 aliphatic heterocycles. The number of nitrogens with one attached hydrogen (secondary N) is 1. The van der Waals surface area contributed by atoms with Gasteiger partial charge in [0.1, 0.15) is 15.6 Å². The molecular formula is C24H26FN3O3S2. The molecule has 0 unspecified atom stereocenters. The Kier molecular flexibility index (Phi) is 6.83. The maximum atomic E-state index is 13.3. The lowest BCUT2D eigenvalue weighted by molar-refractivity contribution is 0.0952. The van der Waals surface area contributed by atoms with Crippen LogP contribution in [0.2, 0.25) is 0 Å². The fourth-order valence-corrected chi connectivity index (χ4v) is 6.64. The third kappa shape index (κ3) is 5.10. The van der Waals surface area contributed by atoms with E-state index in [0.717, 1.165) is 28.2 Å². The molecule has 2 heterocycles. The predicted octanol–water partition coefficient (Wildman–Crippen LogP) is 3.94. The van der Waals surface area contributed by atoms with Gasteiger partial charge in [-0.15, -0.1) is 11.3 Å². The Bertz CT molecular complexity index is 1250. The molecule has 174 valence electrons. The SMILES string of the molecule is Cc1ccc(C)c(N2CCN(S(=O)(=O)c3ccsc3C(=O)NCc3ccc(F)cc3)CC2)c1. The first-order valence-corrected chi connectivity index (χ1v) is 13.0. The lowest BCUT2D eigenvalue weighted by Crippen LogP contribution is -2.49. The van der Waals surface area contributed by atoms with Crippen molar-refractivity contribution in [3.63, 3.8) is 0 Å². The molecule has 2 aromatic carbocycles. The molecular weight excluding hydrogens is 461 g/mol. The minimum Gasteiger partial charge on any atom is -0.369 e. The van der Waals surface area contributed by atoms with Crippen LogP contribution < -0.4 is 10.2 Å². The maximum absolute atomic E-state index is 13.3. The van der Waals surface area contributed by atoms with Crippen molar-refractivity contribution in [2.75, 3.05) is 31.1 Å². The van der Waals surface area contributed by atoms with Crippen LogP contribution in [0.25, 0.3) is 0 Å². The molecule has 1 amide bonds. The normalized spacial score (nSPS) is 14.9. The van der Waals surface area contributed by atoms with Gasteiger partial charge in [-0.1, -0.05) is 24.3 Å². The molecule has 1 fully saturated rings. The summed E-state index contributed by atoms with van der Waals surface area (Å²) in [6.07, 6.45) is 0. The van der Waals surface area contributed by atoms with Gasteiger partial charge in [-0.2, -0.15) is 4.31 Å². The number of piperazine rings is 1.